The molecule has 0 unspecified atom stereocenters. The van der Waals surface area contributed by atoms with Crippen molar-refractivity contribution in [3.63, 3.8) is 0 Å². The van der Waals surface area contributed by atoms with E-state index >= 15 is 0 Å². The van der Waals surface area contributed by atoms with Crippen LogP contribution in [0.2, 0.25) is 0 Å². The lowest BCUT2D eigenvalue weighted by molar-refractivity contribution is 0.0509. The van der Waals surface area contributed by atoms with E-state index in [2.05, 4.69) is 30.4 Å². The second-order valence-corrected chi connectivity index (χ2v) is 4.82. The average molecular weight is 246 g/mol. The predicted molar refractivity (Wildman–Crippen MR) is 74.3 cm³/mol. The summed E-state index contributed by atoms with van der Waals surface area (Å²) in [6.45, 7) is 0.742. The Balaban J connectivity index is 1.72. The summed E-state index contributed by atoms with van der Waals surface area (Å²) in [6.07, 6.45) is 18.5. The van der Waals surface area contributed by atoms with Gasteiger partial charge in [0.25, 0.3) is 0 Å². The van der Waals surface area contributed by atoms with Gasteiger partial charge >= 0.3 is 0 Å². The van der Waals surface area contributed by atoms with Gasteiger partial charge in [0.2, 0.25) is 0 Å². The van der Waals surface area contributed by atoms with E-state index in [1.54, 1.807) is 7.11 Å². The Morgan fingerprint density at radius 2 is 2.11 bits per heavy atom. The monoisotopic (exact) mass is 246 g/mol. The summed E-state index contributed by atoms with van der Waals surface area (Å²) in [7, 11) is 1.72. The third kappa shape index (κ3) is 4.19. The lowest BCUT2D eigenvalue weighted by Crippen LogP contribution is -2.18. The molecule has 18 heavy (non-hydrogen) atoms. The Bertz CT molecular complexity index is 365. The van der Waals surface area contributed by atoms with E-state index in [9.17, 15) is 0 Å². The first-order valence-electron chi connectivity index (χ1n) is 6.73. The highest BCUT2D eigenvalue weighted by atomic mass is 16.5. The van der Waals surface area contributed by atoms with Gasteiger partial charge in [-0.1, -0.05) is 30.4 Å². The largest absolute Gasteiger partial charge is 0.504 e. The average Bonchev–Trinajstić information content (AvgIpc) is 2.67. The van der Waals surface area contributed by atoms with Gasteiger partial charge in [0.05, 0.1) is 26.1 Å². The zero-order valence-electron chi connectivity index (χ0n) is 11.1. The van der Waals surface area contributed by atoms with Crippen LogP contribution in [0.25, 0.3) is 0 Å². The Hall–Kier alpha value is -1.28. The molecule has 2 heteroatoms. The van der Waals surface area contributed by atoms with Gasteiger partial charge in [-0.25, -0.2) is 0 Å². The van der Waals surface area contributed by atoms with Crippen LogP contribution >= 0.6 is 0 Å². The molecule has 0 N–H and O–H groups in total. The minimum Gasteiger partial charge on any atom is -0.504 e. The zero-order valence-corrected chi connectivity index (χ0v) is 11.1. The number of rotatable bonds is 4. The van der Waals surface area contributed by atoms with Crippen LogP contribution in [0, 0.1) is 0 Å². The smallest absolute Gasteiger partial charge is 0.0816 e. The minimum absolute atomic E-state index is 0.407. The first kappa shape index (κ1) is 13.2. The van der Waals surface area contributed by atoms with Crippen molar-refractivity contribution in [1.29, 1.82) is 0 Å². The summed E-state index contributed by atoms with van der Waals surface area (Å²) in [5.74, 6) is 0. The number of hydrogen-bond donors (Lipinski definition) is 0. The summed E-state index contributed by atoms with van der Waals surface area (Å²) >= 11 is 0. The van der Waals surface area contributed by atoms with Crippen molar-refractivity contribution in [3.8, 4) is 0 Å². The maximum absolute atomic E-state index is 5.99. The van der Waals surface area contributed by atoms with Crippen LogP contribution < -0.4 is 0 Å². The Kier molecular flexibility index (Phi) is 5.28. The molecule has 0 aromatic rings. The molecular weight excluding hydrogens is 224 g/mol. The molecule has 2 rings (SSSR count). The van der Waals surface area contributed by atoms with Crippen molar-refractivity contribution in [1.82, 2.24) is 0 Å². The first-order chi connectivity index (χ1) is 8.88. The molecule has 0 saturated heterocycles. The highest BCUT2D eigenvalue weighted by Crippen LogP contribution is 2.26. The molecule has 0 aliphatic heterocycles. The molecule has 2 aliphatic carbocycles. The molecule has 0 heterocycles. The van der Waals surface area contributed by atoms with Gasteiger partial charge < -0.3 is 9.47 Å². The van der Waals surface area contributed by atoms with Crippen molar-refractivity contribution in [3.05, 3.63) is 47.8 Å². The maximum atomic E-state index is 5.99. The Morgan fingerprint density at radius 3 is 2.89 bits per heavy atom. The Morgan fingerprint density at radius 1 is 1.28 bits per heavy atom. The fourth-order valence-electron chi connectivity index (χ4n) is 2.36. The fraction of sp³-hybridized carbons (Fsp3) is 0.500. The van der Waals surface area contributed by atoms with Crippen LogP contribution in [0.4, 0.5) is 0 Å². The van der Waals surface area contributed by atoms with Crippen molar-refractivity contribution in [2.24, 2.45) is 0 Å². The summed E-state index contributed by atoms with van der Waals surface area (Å²) in [6, 6.07) is 0. The highest BCUT2D eigenvalue weighted by molar-refractivity contribution is 5.26. The molecular formula is C16H22O2. The molecule has 2 nitrogen and oxygen atoms in total. The molecule has 1 fully saturated rings. The van der Waals surface area contributed by atoms with Gasteiger partial charge in [0.15, 0.2) is 0 Å². The standard InChI is InChI=1S/C16H22O2/c1-17-12-15-8-10-16(11-9-15)18-13-14-6-4-2-3-5-7-14/h2-4,6-7,12,16H,5,8-11,13H2,1H3. The lowest BCUT2D eigenvalue weighted by Gasteiger charge is -2.24. The lowest BCUT2D eigenvalue weighted by atomic mass is 9.93. The molecule has 0 aromatic heterocycles. The number of ether oxygens (including phenoxy) is 2. The highest BCUT2D eigenvalue weighted by Gasteiger charge is 2.17. The molecule has 0 atom stereocenters. The van der Waals surface area contributed by atoms with Crippen LogP contribution in [0.5, 0.6) is 0 Å². The van der Waals surface area contributed by atoms with E-state index in [4.69, 9.17) is 9.47 Å². The van der Waals surface area contributed by atoms with E-state index in [1.807, 2.05) is 6.26 Å². The van der Waals surface area contributed by atoms with Gasteiger partial charge in [-0.3, -0.25) is 0 Å². The second-order valence-electron chi connectivity index (χ2n) is 4.82. The zero-order chi connectivity index (χ0) is 12.6. The summed E-state index contributed by atoms with van der Waals surface area (Å²) < 4.78 is 11.0. The molecule has 0 radical (unpaired) electrons. The fourth-order valence-corrected chi connectivity index (χ4v) is 2.36. The van der Waals surface area contributed by atoms with Gasteiger partial charge in [0.1, 0.15) is 0 Å². The van der Waals surface area contributed by atoms with Crippen molar-refractivity contribution in [2.45, 2.75) is 38.2 Å². The summed E-state index contributed by atoms with van der Waals surface area (Å²) in [5, 5.41) is 0. The molecule has 0 aromatic carbocycles. The van der Waals surface area contributed by atoms with E-state index in [1.165, 1.54) is 11.1 Å². The van der Waals surface area contributed by atoms with E-state index in [0.717, 1.165) is 38.7 Å². The van der Waals surface area contributed by atoms with E-state index in [-0.39, 0.29) is 0 Å². The van der Waals surface area contributed by atoms with Crippen LogP contribution in [0.15, 0.2) is 47.8 Å². The van der Waals surface area contributed by atoms with E-state index in [0.29, 0.717) is 6.10 Å². The van der Waals surface area contributed by atoms with Crippen molar-refractivity contribution in [2.75, 3.05) is 13.7 Å². The van der Waals surface area contributed by atoms with Crippen molar-refractivity contribution >= 4 is 0 Å². The van der Waals surface area contributed by atoms with E-state index < -0.39 is 0 Å². The molecule has 0 spiro atoms. The van der Waals surface area contributed by atoms with Crippen LogP contribution in [-0.2, 0) is 9.47 Å². The van der Waals surface area contributed by atoms with Gasteiger partial charge in [-0.05, 0) is 43.3 Å². The van der Waals surface area contributed by atoms with Crippen LogP contribution in [0.1, 0.15) is 32.1 Å². The third-order valence-corrected chi connectivity index (χ3v) is 3.42. The molecule has 98 valence electrons. The first-order valence-corrected chi connectivity index (χ1v) is 6.73. The topological polar surface area (TPSA) is 18.5 Å². The summed E-state index contributed by atoms with van der Waals surface area (Å²) in [5.41, 5.74) is 2.70. The van der Waals surface area contributed by atoms with Crippen LogP contribution in [0.3, 0.4) is 0 Å². The van der Waals surface area contributed by atoms with Crippen molar-refractivity contribution < 1.29 is 9.47 Å². The van der Waals surface area contributed by atoms with Crippen LogP contribution in [-0.4, -0.2) is 19.8 Å². The van der Waals surface area contributed by atoms with Gasteiger partial charge in [0, 0.05) is 0 Å². The maximum Gasteiger partial charge on any atom is 0.0816 e. The summed E-state index contributed by atoms with van der Waals surface area (Å²) in [4.78, 5) is 0. The molecule has 0 amide bonds. The number of methoxy groups -OCH3 is 1. The predicted octanol–water partition coefficient (Wildman–Crippen LogP) is 3.92. The number of allylic oxidation sites excluding steroid dienone is 5. The quantitative estimate of drug-likeness (QED) is 0.700. The Labute approximate surface area is 110 Å². The molecule has 2 aliphatic rings. The minimum atomic E-state index is 0.407. The number of hydrogen-bond acceptors (Lipinski definition) is 2. The molecule has 0 bridgehead atoms. The SMILES string of the molecule is COC=C1CCC(OCC2=CCC=CC=C2)CC1. The van der Waals surface area contributed by atoms with Gasteiger partial charge in [-0.2, -0.15) is 0 Å². The van der Waals surface area contributed by atoms with Gasteiger partial charge in [-0.15, -0.1) is 0 Å². The molecule has 1 saturated carbocycles. The third-order valence-electron chi connectivity index (χ3n) is 3.42. The normalized spacial score (nSPS) is 23.5. The second kappa shape index (κ2) is 7.22.